The van der Waals surface area contributed by atoms with Gasteiger partial charge in [0.1, 0.15) is 29.9 Å². The number of nitrogens with one attached hydrogen (secondary N) is 2. The van der Waals surface area contributed by atoms with Gasteiger partial charge < -0.3 is 19.4 Å². The normalized spacial score (nSPS) is 24.8. The number of benzene rings is 1. The number of carbonyl (C=O) groups excluding carboxylic acids is 1. The van der Waals surface area contributed by atoms with Gasteiger partial charge in [-0.05, 0) is 30.2 Å². The fourth-order valence-electron chi connectivity index (χ4n) is 4.93. The lowest BCUT2D eigenvalue weighted by molar-refractivity contribution is -0.945. The Kier molecular flexibility index (Phi) is 5.71. The quantitative estimate of drug-likeness (QED) is 0.567. The first kappa shape index (κ1) is 19.8. The van der Waals surface area contributed by atoms with Crippen molar-refractivity contribution in [2.45, 2.75) is 38.6 Å². The smallest absolute Gasteiger partial charge is 0.229 e. The molecule has 1 unspecified atom stereocenters. The molecule has 0 aliphatic carbocycles. The Morgan fingerprint density at radius 2 is 2.16 bits per heavy atom. The molecule has 0 spiro atoms. The van der Waals surface area contributed by atoms with Gasteiger partial charge in [0.2, 0.25) is 5.91 Å². The predicted octanol–water partition coefficient (Wildman–Crippen LogP) is 1.06. The van der Waals surface area contributed by atoms with Gasteiger partial charge in [0.05, 0.1) is 44.6 Å². The number of carbonyl (C=O) groups is 1. The van der Waals surface area contributed by atoms with Crippen LogP contribution in [0.15, 0.2) is 59.3 Å². The Bertz CT molecular complexity index is 988. The van der Waals surface area contributed by atoms with Crippen molar-refractivity contribution < 1.29 is 18.8 Å². The molecule has 2 bridgehead atoms. The first-order valence-electron chi connectivity index (χ1n) is 11.0. The van der Waals surface area contributed by atoms with Crippen LogP contribution in [-0.4, -0.2) is 40.0 Å². The van der Waals surface area contributed by atoms with Crippen molar-refractivity contribution in [3.63, 3.8) is 0 Å². The molecule has 2 aromatic heterocycles. The van der Waals surface area contributed by atoms with Crippen LogP contribution in [0.5, 0.6) is 5.75 Å². The second-order valence-corrected chi connectivity index (χ2v) is 8.53. The Balaban J connectivity index is 1.13. The summed E-state index contributed by atoms with van der Waals surface area (Å²) in [4.78, 5) is 14.2. The molecule has 3 aliphatic heterocycles. The molecular formula is C23H28N5O3+. The van der Waals surface area contributed by atoms with E-state index in [2.05, 4.69) is 15.6 Å². The molecular weight excluding hydrogens is 394 g/mol. The van der Waals surface area contributed by atoms with E-state index in [4.69, 9.17) is 9.15 Å². The summed E-state index contributed by atoms with van der Waals surface area (Å²) in [6.07, 6.45) is 5.76. The topological polar surface area (TPSA) is 86.6 Å². The van der Waals surface area contributed by atoms with Crippen molar-refractivity contribution in [3.8, 4) is 5.75 Å². The lowest BCUT2D eigenvalue weighted by Crippen LogP contribution is -3.20. The van der Waals surface area contributed by atoms with Crippen molar-refractivity contribution in [3.05, 3.63) is 66.4 Å². The summed E-state index contributed by atoms with van der Waals surface area (Å²) in [5.74, 6) is 2.29. The van der Waals surface area contributed by atoms with Gasteiger partial charge in [-0.1, -0.05) is 23.4 Å². The van der Waals surface area contributed by atoms with Gasteiger partial charge in [0.25, 0.3) is 0 Å². The molecule has 1 aromatic carbocycles. The number of nitrogens with zero attached hydrogens (tertiary/aromatic N) is 3. The summed E-state index contributed by atoms with van der Waals surface area (Å²) < 4.78 is 13.0. The molecule has 3 aliphatic rings. The first-order chi connectivity index (χ1) is 15.2. The van der Waals surface area contributed by atoms with E-state index in [0.717, 1.165) is 49.7 Å². The van der Waals surface area contributed by atoms with Gasteiger partial charge in [-0.3, -0.25) is 4.79 Å². The second kappa shape index (κ2) is 8.93. The number of furan rings is 1. The van der Waals surface area contributed by atoms with Gasteiger partial charge in [0, 0.05) is 12.8 Å². The van der Waals surface area contributed by atoms with Gasteiger partial charge in [0.15, 0.2) is 0 Å². The van der Waals surface area contributed by atoms with Crippen LogP contribution in [0, 0.1) is 11.8 Å². The average molecular weight is 423 g/mol. The molecule has 8 nitrogen and oxygen atoms in total. The first-order valence-corrected chi connectivity index (χ1v) is 11.0. The molecule has 0 radical (unpaired) electrons. The third kappa shape index (κ3) is 4.64. The number of quaternary nitrogens is 1. The van der Waals surface area contributed by atoms with Crippen LogP contribution in [0.1, 0.15) is 24.3 Å². The summed E-state index contributed by atoms with van der Waals surface area (Å²) in [6, 6.07) is 13.9. The largest absolute Gasteiger partial charge is 0.487 e. The maximum Gasteiger partial charge on any atom is 0.229 e. The van der Waals surface area contributed by atoms with Gasteiger partial charge in [-0.15, -0.1) is 5.10 Å². The van der Waals surface area contributed by atoms with Crippen LogP contribution in [-0.2, 0) is 24.5 Å². The van der Waals surface area contributed by atoms with Crippen molar-refractivity contribution in [1.29, 1.82) is 0 Å². The second-order valence-electron chi connectivity index (χ2n) is 8.53. The zero-order valence-electron chi connectivity index (χ0n) is 17.4. The monoisotopic (exact) mass is 422 g/mol. The van der Waals surface area contributed by atoms with Gasteiger partial charge in [-0.2, -0.15) is 0 Å². The summed E-state index contributed by atoms with van der Waals surface area (Å²) in [5, 5.41) is 11.6. The summed E-state index contributed by atoms with van der Waals surface area (Å²) >= 11 is 0. The van der Waals surface area contributed by atoms with Crippen molar-refractivity contribution >= 4 is 5.91 Å². The number of aromatic nitrogens is 3. The molecule has 5 heterocycles. The van der Waals surface area contributed by atoms with E-state index < -0.39 is 0 Å². The molecule has 0 saturated carbocycles. The Labute approximate surface area is 181 Å². The van der Waals surface area contributed by atoms with Crippen molar-refractivity contribution in [2.24, 2.45) is 11.8 Å². The highest BCUT2D eigenvalue weighted by Gasteiger charge is 2.46. The van der Waals surface area contributed by atoms with Crippen LogP contribution in [0.4, 0.5) is 0 Å². The molecule has 8 heteroatoms. The highest BCUT2D eigenvalue weighted by atomic mass is 16.5. The molecule has 3 saturated heterocycles. The number of piperidine rings is 3. The minimum Gasteiger partial charge on any atom is -0.487 e. The van der Waals surface area contributed by atoms with Crippen LogP contribution in [0.2, 0.25) is 0 Å². The molecule has 2 N–H and O–H groups in total. The molecule has 3 fully saturated rings. The fourth-order valence-corrected chi connectivity index (χ4v) is 4.93. The van der Waals surface area contributed by atoms with Gasteiger partial charge >= 0.3 is 0 Å². The number of rotatable bonds is 8. The van der Waals surface area contributed by atoms with Crippen LogP contribution in [0.3, 0.4) is 0 Å². The summed E-state index contributed by atoms with van der Waals surface area (Å²) in [5.41, 5.74) is 0.824. The molecule has 1 amide bonds. The minimum atomic E-state index is 0.0838. The van der Waals surface area contributed by atoms with Gasteiger partial charge in [-0.25, -0.2) is 4.68 Å². The maximum atomic E-state index is 12.7. The Hall–Kier alpha value is -3.13. The third-order valence-corrected chi connectivity index (χ3v) is 6.53. The van der Waals surface area contributed by atoms with E-state index in [1.165, 1.54) is 4.90 Å². The molecule has 4 atom stereocenters. The number of hydrogen-bond donors (Lipinski definition) is 2. The van der Waals surface area contributed by atoms with Crippen LogP contribution < -0.4 is 15.0 Å². The van der Waals surface area contributed by atoms with Crippen molar-refractivity contribution in [1.82, 2.24) is 20.3 Å². The number of para-hydroxylation sites is 1. The van der Waals surface area contributed by atoms with E-state index in [1.807, 2.05) is 53.3 Å². The maximum absolute atomic E-state index is 12.7. The Morgan fingerprint density at radius 3 is 2.94 bits per heavy atom. The number of fused-ring (bicyclic) bond motifs is 3. The highest BCUT2D eigenvalue weighted by molar-refractivity contribution is 5.79. The summed E-state index contributed by atoms with van der Waals surface area (Å²) in [7, 11) is 0. The van der Waals surface area contributed by atoms with Crippen LogP contribution >= 0.6 is 0 Å². The molecule has 6 rings (SSSR count). The minimum absolute atomic E-state index is 0.0838. The molecule has 162 valence electrons. The predicted molar refractivity (Wildman–Crippen MR) is 112 cm³/mol. The van der Waals surface area contributed by atoms with E-state index in [0.29, 0.717) is 25.1 Å². The fraction of sp³-hybridized carbons (Fsp3) is 0.435. The lowest BCUT2D eigenvalue weighted by atomic mass is 9.75. The van der Waals surface area contributed by atoms with E-state index in [1.54, 1.807) is 6.26 Å². The van der Waals surface area contributed by atoms with E-state index in [-0.39, 0.29) is 11.8 Å². The number of amides is 1. The zero-order chi connectivity index (χ0) is 21.0. The van der Waals surface area contributed by atoms with Crippen LogP contribution in [0.25, 0.3) is 0 Å². The lowest BCUT2D eigenvalue weighted by Gasteiger charge is -2.46. The third-order valence-electron chi connectivity index (χ3n) is 6.53. The zero-order valence-corrected chi connectivity index (χ0v) is 17.4. The Morgan fingerprint density at radius 1 is 1.26 bits per heavy atom. The van der Waals surface area contributed by atoms with Crippen molar-refractivity contribution in [2.75, 3.05) is 13.1 Å². The number of ether oxygens (including phenoxy) is 1. The average Bonchev–Trinajstić information content (AvgIpc) is 3.49. The van der Waals surface area contributed by atoms with E-state index >= 15 is 0 Å². The SMILES string of the molecule is O=C(NCc1ccco1)[C@H]1C[NH+]2CC[C@H]1C[C@@H]2Cn1cc(COc2ccccc2)nn1. The standard InChI is InChI=1S/C23H27N5O3/c29-23(24-12-21-7-4-10-30-21)22-15-27-9-8-17(22)11-19(27)14-28-13-18(25-26-28)16-31-20-5-2-1-3-6-20/h1-7,10,13,17,19,22H,8-9,11-12,14-16H2,(H,24,29)/p+1/t17-,19+,22-/m0/s1. The van der Waals surface area contributed by atoms with E-state index in [9.17, 15) is 4.79 Å². The summed E-state index contributed by atoms with van der Waals surface area (Å²) in [6.45, 7) is 3.70. The number of hydrogen-bond acceptors (Lipinski definition) is 5. The highest BCUT2D eigenvalue weighted by Crippen LogP contribution is 2.27. The molecule has 3 aromatic rings. The molecule has 31 heavy (non-hydrogen) atoms.